The average molecular weight is 505 g/mol. The van der Waals surface area contributed by atoms with Gasteiger partial charge in [0.2, 0.25) is 5.91 Å². The Morgan fingerprint density at radius 3 is 2.08 bits per heavy atom. The van der Waals surface area contributed by atoms with Crippen molar-refractivity contribution >= 4 is 12.0 Å². The van der Waals surface area contributed by atoms with E-state index < -0.39 is 61.4 Å². The molecule has 36 heavy (non-hydrogen) atoms. The zero-order valence-corrected chi connectivity index (χ0v) is 19.8. The SMILES string of the molecule is C[C@@H](OCc1ccccc1)[C@H](NC(=O)OCc1ccccc1)C(=O)N[C@@H]1O[C@H](CO)[C@@H](O)[C@H](O)[C@H]1O. The topological polar surface area (TPSA) is 167 Å². The summed E-state index contributed by atoms with van der Waals surface area (Å²) in [6.07, 6.45) is -9.31. The van der Waals surface area contributed by atoms with Gasteiger partial charge in [0.05, 0.1) is 19.3 Å². The second kappa shape index (κ2) is 13.3. The summed E-state index contributed by atoms with van der Waals surface area (Å²) in [6.45, 7) is 1.07. The molecule has 2 amide bonds. The fraction of sp³-hybridized carbons (Fsp3) is 0.440. The maximum atomic E-state index is 13.1. The normalized spacial score (nSPS) is 25.4. The number of aliphatic hydroxyl groups excluding tert-OH is 4. The standard InChI is InChI=1S/C25H32N2O9/c1-15(34-13-16-8-4-2-5-9-16)19(26-25(33)35-14-17-10-6-3-7-11-17)23(32)27-24-22(31)21(30)20(29)18(12-28)36-24/h2-11,15,18-22,24,28-31H,12-14H2,1H3,(H,26,33)(H,27,32)/t15-,18-,19+,20-,21+,22-,24-/m1/s1. The summed E-state index contributed by atoms with van der Waals surface area (Å²) in [4.78, 5) is 25.6. The van der Waals surface area contributed by atoms with Crippen molar-refractivity contribution in [3.8, 4) is 0 Å². The zero-order chi connectivity index (χ0) is 26.1. The van der Waals surface area contributed by atoms with E-state index in [4.69, 9.17) is 14.2 Å². The van der Waals surface area contributed by atoms with Gasteiger partial charge in [0.25, 0.3) is 0 Å². The van der Waals surface area contributed by atoms with E-state index in [0.717, 1.165) is 11.1 Å². The molecule has 0 unspecified atom stereocenters. The van der Waals surface area contributed by atoms with Crippen LogP contribution in [0.25, 0.3) is 0 Å². The number of hydrogen-bond acceptors (Lipinski definition) is 9. The number of hydrogen-bond donors (Lipinski definition) is 6. The van der Waals surface area contributed by atoms with Gasteiger partial charge in [-0.25, -0.2) is 4.79 Å². The van der Waals surface area contributed by atoms with Crippen LogP contribution in [0.2, 0.25) is 0 Å². The predicted molar refractivity (Wildman–Crippen MR) is 126 cm³/mol. The molecule has 1 heterocycles. The van der Waals surface area contributed by atoms with Crippen molar-refractivity contribution in [1.82, 2.24) is 10.6 Å². The maximum Gasteiger partial charge on any atom is 0.408 e. The second-order valence-corrected chi connectivity index (χ2v) is 8.44. The van der Waals surface area contributed by atoms with Crippen molar-refractivity contribution in [2.75, 3.05) is 6.61 Å². The van der Waals surface area contributed by atoms with Crippen LogP contribution in [0, 0.1) is 0 Å². The molecule has 0 spiro atoms. The Morgan fingerprint density at radius 2 is 1.50 bits per heavy atom. The molecule has 11 heteroatoms. The Labute approximate surface area is 208 Å². The van der Waals surface area contributed by atoms with E-state index in [2.05, 4.69) is 10.6 Å². The summed E-state index contributed by atoms with van der Waals surface area (Å²) in [7, 11) is 0. The number of carbonyl (C=O) groups excluding carboxylic acids is 2. The average Bonchev–Trinajstić information content (AvgIpc) is 2.90. The van der Waals surface area contributed by atoms with Crippen molar-refractivity contribution in [1.29, 1.82) is 0 Å². The van der Waals surface area contributed by atoms with Gasteiger partial charge in [-0.1, -0.05) is 60.7 Å². The van der Waals surface area contributed by atoms with Crippen LogP contribution in [-0.4, -0.2) is 81.8 Å². The third kappa shape index (κ3) is 7.47. The van der Waals surface area contributed by atoms with Gasteiger partial charge >= 0.3 is 6.09 Å². The highest BCUT2D eigenvalue weighted by molar-refractivity contribution is 5.86. The Balaban J connectivity index is 1.68. The molecule has 7 atom stereocenters. The molecule has 6 N–H and O–H groups in total. The lowest BCUT2D eigenvalue weighted by atomic mass is 9.98. The summed E-state index contributed by atoms with van der Waals surface area (Å²) in [5.74, 6) is -0.795. The van der Waals surface area contributed by atoms with Gasteiger partial charge in [-0.05, 0) is 18.1 Å². The van der Waals surface area contributed by atoms with Gasteiger partial charge in [0.15, 0.2) is 6.23 Å². The Morgan fingerprint density at radius 1 is 0.917 bits per heavy atom. The van der Waals surface area contributed by atoms with E-state index in [0.29, 0.717) is 0 Å². The van der Waals surface area contributed by atoms with Crippen LogP contribution in [0.1, 0.15) is 18.1 Å². The molecule has 0 radical (unpaired) electrons. The van der Waals surface area contributed by atoms with Crippen LogP contribution < -0.4 is 10.6 Å². The van der Waals surface area contributed by atoms with Gasteiger partial charge in [0.1, 0.15) is 37.1 Å². The van der Waals surface area contributed by atoms with Gasteiger partial charge in [-0.2, -0.15) is 0 Å². The van der Waals surface area contributed by atoms with Crippen molar-refractivity contribution in [3.63, 3.8) is 0 Å². The molecule has 1 fully saturated rings. The quantitative estimate of drug-likeness (QED) is 0.257. The van der Waals surface area contributed by atoms with Crippen molar-refractivity contribution in [3.05, 3.63) is 71.8 Å². The molecule has 1 aliphatic rings. The highest BCUT2D eigenvalue weighted by Crippen LogP contribution is 2.20. The number of carbonyl (C=O) groups is 2. The van der Waals surface area contributed by atoms with Gasteiger partial charge in [0, 0.05) is 0 Å². The van der Waals surface area contributed by atoms with Crippen molar-refractivity contribution in [2.45, 2.75) is 62.9 Å². The van der Waals surface area contributed by atoms with Gasteiger partial charge in [-0.3, -0.25) is 4.79 Å². The molecular weight excluding hydrogens is 472 g/mol. The largest absolute Gasteiger partial charge is 0.445 e. The lowest BCUT2D eigenvalue weighted by molar-refractivity contribution is -0.236. The van der Waals surface area contributed by atoms with Gasteiger partial charge in [-0.15, -0.1) is 0 Å². The van der Waals surface area contributed by atoms with E-state index in [1.54, 1.807) is 31.2 Å². The molecule has 3 rings (SSSR count). The molecule has 0 aromatic heterocycles. The molecule has 1 aliphatic heterocycles. The maximum absolute atomic E-state index is 13.1. The first-order valence-corrected chi connectivity index (χ1v) is 11.5. The Bertz CT molecular complexity index is 961. The van der Waals surface area contributed by atoms with Crippen LogP contribution in [0.5, 0.6) is 0 Å². The summed E-state index contributed by atoms with van der Waals surface area (Å²) < 4.78 is 16.4. The fourth-order valence-electron chi connectivity index (χ4n) is 3.64. The third-order valence-electron chi connectivity index (χ3n) is 5.77. The van der Waals surface area contributed by atoms with E-state index in [9.17, 15) is 30.0 Å². The van der Waals surface area contributed by atoms with E-state index in [-0.39, 0.29) is 13.2 Å². The molecule has 0 bridgehead atoms. The number of ether oxygens (including phenoxy) is 3. The first kappa shape index (κ1) is 27.5. The Hall–Kier alpha value is -3.06. The van der Waals surface area contributed by atoms with Crippen molar-refractivity contribution < 1.29 is 44.2 Å². The minimum Gasteiger partial charge on any atom is -0.445 e. The van der Waals surface area contributed by atoms with Crippen LogP contribution >= 0.6 is 0 Å². The van der Waals surface area contributed by atoms with E-state index >= 15 is 0 Å². The van der Waals surface area contributed by atoms with Crippen molar-refractivity contribution in [2.24, 2.45) is 0 Å². The number of aliphatic hydroxyl groups is 4. The lowest BCUT2D eigenvalue weighted by Gasteiger charge is -2.40. The summed E-state index contributed by atoms with van der Waals surface area (Å²) in [5, 5.41) is 44.5. The minimum absolute atomic E-state index is 0.0209. The predicted octanol–water partition coefficient (Wildman–Crippen LogP) is -0.197. The number of alkyl carbamates (subject to hydrolysis) is 1. The van der Waals surface area contributed by atoms with Gasteiger partial charge < -0.3 is 45.3 Å². The van der Waals surface area contributed by atoms with E-state index in [1.165, 1.54) is 0 Å². The second-order valence-electron chi connectivity index (χ2n) is 8.44. The molecule has 1 saturated heterocycles. The highest BCUT2D eigenvalue weighted by Gasteiger charge is 2.45. The number of nitrogens with one attached hydrogen (secondary N) is 2. The molecule has 11 nitrogen and oxygen atoms in total. The summed E-state index contributed by atoms with van der Waals surface area (Å²) in [5.41, 5.74) is 1.60. The summed E-state index contributed by atoms with van der Waals surface area (Å²) in [6, 6.07) is 16.9. The molecular formula is C25H32N2O9. The molecule has 0 saturated carbocycles. The smallest absolute Gasteiger partial charge is 0.408 e. The monoisotopic (exact) mass is 504 g/mol. The number of amides is 2. The van der Waals surface area contributed by atoms with Crippen LogP contribution in [0.4, 0.5) is 4.79 Å². The highest BCUT2D eigenvalue weighted by atomic mass is 16.6. The number of rotatable bonds is 10. The van der Waals surface area contributed by atoms with Crippen LogP contribution in [0.3, 0.4) is 0 Å². The summed E-state index contributed by atoms with van der Waals surface area (Å²) >= 11 is 0. The minimum atomic E-state index is -1.68. The zero-order valence-electron chi connectivity index (χ0n) is 19.8. The van der Waals surface area contributed by atoms with Crippen LogP contribution in [-0.2, 0) is 32.2 Å². The lowest BCUT2D eigenvalue weighted by Crippen LogP contribution is -2.65. The van der Waals surface area contributed by atoms with Crippen LogP contribution in [0.15, 0.2) is 60.7 Å². The number of benzene rings is 2. The molecule has 0 aliphatic carbocycles. The third-order valence-corrected chi connectivity index (χ3v) is 5.77. The molecule has 2 aromatic carbocycles. The Kier molecular flexibility index (Phi) is 10.2. The molecule has 2 aromatic rings. The molecule has 196 valence electrons. The fourth-order valence-corrected chi connectivity index (χ4v) is 3.64. The van der Waals surface area contributed by atoms with E-state index in [1.807, 2.05) is 36.4 Å². The first-order chi connectivity index (χ1) is 17.3. The first-order valence-electron chi connectivity index (χ1n) is 11.5.